The van der Waals surface area contributed by atoms with Crippen LogP contribution in [0.5, 0.6) is 5.75 Å². The van der Waals surface area contributed by atoms with Crippen LogP contribution in [0.15, 0.2) is 24.3 Å². The maximum atomic E-state index is 12.7. The summed E-state index contributed by atoms with van der Waals surface area (Å²) in [5, 5.41) is 15.1. The Hall–Kier alpha value is -1.82. The molecule has 0 aliphatic heterocycles. The van der Waals surface area contributed by atoms with Gasteiger partial charge in [-0.15, -0.1) is 0 Å². The molecular formula is C16H25FN2O3. The van der Waals surface area contributed by atoms with Crippen molar-refractivity contribution >= 4 is 6.03 Å². The van der Waals surface area contributed by atoms with Crippen molar-refractivity contribution in [2.24, 2.45) is 5.41 Å². The average molecular weight is 312 g/mol. The summed E-state index contributed by atoms with van der Waals surface area (Å²) in [4.78, 5) is 11.5. The summed E-state index contributed by atoms with van der Waals surface area (Å²) >= 11 is 0. The van der Waals surface area contributed by atoms with Crippen LogP contribution in [0, 0.1) is 11.2 Å². The molecule has 0 aliphatic rings. The molecule has 0 bridgehead atoms. The van der Waals surface area contributed by atoms with Gasteiger partial charge in [0.1, 0.15) is 11.6 Å². The maximum absolute atomic E-state index is 12.7. The number of hydrogen-bond acceptors (Lipinski definition) is 3. The van der Waals surface area contributed by atoms with Crippen molar-refractivity contribution in [3.63, 3.8) is 0 Å². The van der Waals surface area contributed by atoms with E-state index < -0.39 is 6.10 Å². The molecule has 5 nitrogen and oxygen atoms in total. The van der Waals surface area contributed by atoms with Gasteiger partial charge in [0.25, 0.3) is 0 Å². The predicted octanol–water partition coefficient (Wildman–Crippen LogP) is 2.30. The molecule has 124 valence electrons. The minimum absolute atomic E-state index is 0.210. The quantitative estimate of drug-likeness (QED) is 0.677. The molecule has 0 heterocycles. The molecule has 1 rings (SSSR count). The third-order valence-electron chi connectivity index (χ3n) is 3.14. The van der Waals surface area contributed by atoms with Crippen LogP contribution in [-0.2, 0) is 0 Å². The third kappa shape index (κ3) is 7.26. The van der Waals surface area contributed by atoms with Crippen molar-refractivity contribution < 1.29 is 19.0 Å². The summed E-state index contributed by atoms with van der Waals surface area (Å²) in [7, 11) is 0. The number of amides is 2. The molecule has 0 aliphatic carbocycles. The summed E-state index contributed by atoms with van der Waals surface area (Å²) in [5.41, 5.74) is -0.268. The Labute approximate surface area is 130 Å². The van der Waals surface area contributed by atoms with Gasteiger partial charge < -0.3 is 20.5 Å². The summed E-state index contributed by atoms with van der Waals surface area (Å²) in [6, 6.07) is 5.47. The molecule has 3 N–H and O–H groups in total. The maximum Gasteiger partial charge on any atom is 0.314 e. The standard InChI is InChI=1S/C16H25FN2O3/c1-16(2,3)14(20)11-19-15(21)18-9-4-10-22-13-7-5-12(17)6-8-13/h5-8,14,20H,4,9-11H2,1-3H3,(H2,18,19,21). The van der Waals surface area contributed by atoms with Gasteiger partial charge in [0.2, 0.25) is 0 Å². The van der Waals surface area contributed by atoms with E-state index in [-0.39, 0.29) is 23.8 Å². The second-order valence-electron chi connectivity index (χ2n) is 6.17. The number of benzene rings is 1. The number of carbonyl (C=O) groups is 1. The number of urea groups is 1. The van der Waals surface area contributed by atoms with Crippen molar-refractivity contribution in [1.29, 1.82) is 0 Å². The number of nitrogens with one attached hydrogen (secondary N) is 2. The second-order valence-corrected chi connectivity index (χ2v) is 6.17. The Morgan fingerprint density at radius 3 is 2.50 bits per heavy atom. The fraction of sp³-hybridized carbons (Fsp3) is 0.562. The Balaban J connectivity index is 2.09. The van der Waals surface area contributed by atoms with Crippen LogP contribution >= 0.6 is 0 Å². The van der Waals surface area contributed by atoms with Gasteiger partial charge in [-0.25, -0.2) is 9.18 Å². The highest BCUT2D eigenvalue weighted by atomic mass is 19.1. The molecular weight excluding hydrogens is 287 g/mol. The molecule has 0 fully saturated rings. The van der Waals surface area contributed by atoms with E-state index in [0.717, 1.165) is 0 Å². The Morgan fingerprint density at radius 2 is 1.91 bits per heavy atom. The van der Waals surface area contributed by atoms with Crippen LogP contribution in [0.3, 0.4) is 0 Å². The molecule has 0 spiro atoms. The third-order valence-corrected chi connectivity index (χ3v) is 3.14. The molecule has 1 unspecified atom stereocenters. The first kappa shape index (κ1) is 18.2. The highest BCUT2D eigenvalue weighted by Gasteiger charge is 2.22. The first-order chi connectivity index (χ1) is 10.3. The number of ether oxygens (including phenoxy) is 1. The average Bonchev–Trinajstić information content (AvgIpc) is 2.45. The number of halogens is 1. The van der Waals surface area contributed by atoms with E-state index in [1.807, 2.05) is 20.8 Å². The molecule has 6 heteroatoms. The zero-order chi connectivity index (χ0) is 16.6. The number of hydrogen-bond donors (Lipinski definition) is 3. The molecule has 22 heavy (non-hydrogen) atoms. The molecule has 0 saturated heterocycles. The minimum atomic E-state index is -0.597. The molecule has 1 aromatic rings. The van der Waals surface area contributed by atoms with Gasteiger partial charge >= 0.3 is 6.03 Å². The summed E-state index contributed by atoms with van der Waals surface area (Å²) in [6.45, 7) is 6.81. The largest absolute Gasteiger partial charge is 0.494 e. The highest BCUT2D eigenvalue weighted by molar-refractivity contribution is 5.73. The van der Waals surface area contributed by atoms with E-state index in [1.165, 1.54) is 12.1 Å². The van der Waals surface area contributed by atoms with Gasteiger partial charge in [0, 0.05) is 13.1 Å². The highest BCUT2D eigenvalue weighted by Crippen LogP contribution is 2.17. The van der Waals surface area contributed by atoms with Crippen molar-refractivity contribution in [3.05, 3.63) is 30.1 Å². The first-order valence-electron chi connectivity index (χ1n) is 7.37. The predicted molar refractivity (Wildman–Crippen MR) is 83.4 cm³/mol. The van der Waals surface area contributed by atoms with Gasteiger partial charge in [-0.1, -0.05) is 20.8 Å². The van der Waals surface area contributed by atoms with E-state index in [9.17, 15) is 14.3 Å². The normalized spacial score (nSPS) is 12.6. The topological polar surface area (TPSA) is 70.6 Å². The van der Waals surface area contributed by atoms with Gasteiger partial charge in [0.05, 0.1) is 12.7 Å². The SMILES string of the molecule is CC(C)(C)C(O)CNC(=O)NCCCOc1ccc(F)cc1. The zero-order valence-electron chi connectivity index (χ0n) is 13.4. The Morgan fingerprint density at radius 1 is 1.27 bits per heavy atom. The lowest BCUT2D eigenvalue weighted by Crippen LogP contribution is -2.43. The summed E-state index contributed by atoms with van der Waals surface area (Å²) in [5.74, 6) is 0.294. The van der Waals surface area contributed by atoms with Crippen LogP contribution in [0.2, 0.25) is 0 Å². The minimum Gasteiger partial charge on any atom is -0.494 e. The number of rotatable bonds is 7. The first-order valence-corrected chi connectivity index (χ1v) is 7.37. The second kappa shape index (κ2) is 8.58. The summed E-state index contributed by atoms with van der Waals surface area (Å²) in [6.07, 6.45) is 0.0344. The van der Waals surface area contributed by atoms with Crippen LogP contribution in [0.1, 0.15) is 27.2 Å². The van der Waals surface area contributed by atoms with Crippen LogP contribution < -0.4 is 15.4 Å². The zero-order valence-corrected chi connectivity index (χ0v) is 13.4. The number of carbonyl (C=O) groups excluding carboxylic acids is 1. The Kier molecular flexibility index (Phi) is 7.11. The van der Waals surface area contributed by atoms with Gasteiger partial charge in [-0.05, 0) is 36.1 Å². The van der Waals surface area contributed by atoms with Gasteiger partial charge in [-0.2, -0.15) is 0 Å². The molecule has 0 aromatic heterocycles. The van der Waals surface area contributed by atoms with Gasteiger partial charge in [0.15, 0.2) is 0 Å². The fourth-order valence-electron chi connectivity index (χ4n) is 1.55. The lowest BCUT2D eigenvalue weighted by molar-refractivity contribution is 0.0650. The molecule has 0 saturated carbocycles. The van der Waals surface area contributed by atoms with Crippen molar-refractivity contribution in [2.45, 2.75) is 33.3 Å². The molecule has 1 aromatic carbocycles. The van der Waals surface area contributed by atoms with E-state index in [2.05, 4.69) is 10.6 Å². The summed E-state index contributed by atoms with van der Waals surface area (Å²) < 4.78 is 18.1. The van der Waals surface area contributed by atoms with E-state index in [1.54, 1.807) is 12.1 Å². The van der Waals surface area contributed by atoms with Gasteiger partial charge in [-0.3, -0.25) is 0 Å². The van der Waals surface area contributed by atoms with Crippen LogP contribution in [0.4, 0.5) is 9.18 Å². The fourth-order valence-corrected chi connectivity index (χ4v) is 1.55. The lowest BCUT2D eigenvalue weighted by Gasteiger charge is -2.25. The van der Waals surface area contributed by atoms with Crippen molar-refractivity contribution in [3.8, 4) is 5.75 Å². The smallest absolute Gasteiger partial charge is 0.314 e. The number of aliphatic hydroxyl groups excluding tert-OH is 1. The lowest BCUT2D eigenvalue weighted by atomic mass is 9.89. The monoisotopic (exact) mass is 312 g/mol. The van der Waals surface area contributed by atoms with Crippen LogP contribution in [-0.4, -0.2) is 36.9 Å². The van der Waals surface area contributed by atoms with Crippen molar-refractivity contribution in [2.75, 3.05) is 19.7 Å². The van der Waals surface area contributed by atoms with E-state index in [0.29, 0.717) is 25.3 Å². The molecule has 2 amide bonds. The van der Waals surface area contributed by atoms with Crippen LogP contribution in [0.25, 0.3) is 0 Å². The van der Waals surface area contributed by atoms with E-state index in [4.69, 9.17) is 4.74 Å². The van der Waals surface area contributed by atoms with E-state index >= 15 is 0 Å². The number of aliphatic hydroxyl groups is 1. The molecule has 0 radical (unpaired) electrons. The Bertz CT molecular complexity index is 457. The molecule has 1 atom stereocenters. The van der Waals surface area contributed by atoms with Crippen molar-refractivity contribution in [1.82, 2.24) is 10.6 Å².